The largest absolute Gasteiger partial charge is 0.269 e. The molecule has 0 amide bonds. The number of non-ortho nitro benzene ring substituents is 1. The zero-order valence-corrected chi connectivity index (χ0v) is 6.88. The average Bonchev–Trinajstić information content (AvgIpc) is 2.05. The topological polar surface area (TPSA) is 43.1 Å². The highest BCUT2D eigenvalue weighted by atomic mass is 31.0. The summed E-state index contributed by atoms with van der Waals surface area (Å²) in [4.78, 5) is 9.78. The van der Waals surface area contributed by atoms with E-state index in [4.69, 9.17) is 0 Å². The molecule has 0 fully saturated rings. The van der Waals surface area contributed by atoms with Gasteiger partial charge in [-0.1, -0.05) is 17.6 Å². The van der Waals surface area contributed by atoms with Crippen molar-refractivity contribution in [3.63, 3.8) is 0 Å². The van der Waals surface area contributed by atoms with Crippen LogP contribution in [0.15, 0.2) is 24.3 Å². The molecule has 0 aliphatic rings. The second kappa shape index (κ2) is 3.49. The van der Waals surface area contributed by atoms with Crippen molar-refractivity contribution in [3.8, 4) is 0 Å². The third-order valence-electron chi connectivity index (χ3n) is 1.30. The molecule has 55 valence electrons. The molecular formula is C6H6BNO2P. The highest BCUT2D eigenvalue weighted by Crippen LogP contribution is 2.06. The molecule has 1 rings (SSSR count). The Balaban J connectivity index is 2.91. The second-order valence-electron chi connectivity index (χ2n) is 2.02. The van der Waals surface area contributed by atoms with E-state index in [-0.39, 0.29) is 5.69 Å². The minimum Gasteiger partial charge on any atom is -0.258 e. The maximum absolute atomic E-state index is 10.2. The van der Waals surface area contributed by atoms with E-state index in [0.717, 1.165) is 5.46 Å². The van der Waals surface area contributed by atoms with Gasteiger partial charge in [0.15, 0.2) is 7.00 Å². The summed E-state index contributed by atoms with van der Waals surface area (Å²) in [6, 6.07) is 6.36. The van der Waals surface area contributed by atoms with Crippen LogP contribution in [0, 0.1) is 10.1 Å². The Kier molecular flexibility index (Phi) is 2.61. The lowest BCUT2D eigenvalue weighted by atomic mass is 9.94. The first-order valence-electron chi connectivity index (χ1n) is 3.03. The molecule has 1 atom stereocenters. The van der Waals surface area contributed by atoms with E-state index < -0.39 is 4.92 Å². The number of hydrogen-bond acceptors (Lipinski definition) is 2. The Morgan fingerprint density at radius 3 is 2.27 bits per heavy atom. The average molecular weight is 166 g/mol. The van der Waals surface area contributed by atoms with Crippen LogP contribution in [-0.4, -0.2) is 11.9 Å². The number of rotatable bonds is 2. The van der Waals surface area contributed by atoms with Gasteiger partial charge in [-0.25, -0.2) is 0 Å². The highest BCUT2D eigenvalue weighted by molar-refractivity contribution is 7.58. The normalized spacial score (nSPS) is 9.18. The molecule has 0 bridgehead atoms. The van der Waals surface area contributed by atoms with Crippen molar-refractivity contribution < 1.29 is 4.92 Å². The Bertz CT molecular complexity index is 262. The van der Waals surface area contributed by atoms with E-state index in [0.29, 0.717) is 0 Å². The van der Waals surface area contributed by atoms with Crippen molar-refractivity contribution in [1.82, 2.24) is 0 Å². The molecule has 0 N–H and O–H groups in total. The number of nitro groups is 1. The maximum Gasteiger partial charge on any atom is 0.269 e. The Labute approximate surface area is 67.4 Å². The van der Waals surface area contributed by atoms with E-state index in [1.165, 1.54) is 12.1 Å². The molecule has 1 aromatic rings. The third-order valence-corrected chi connectivity index (χ3v) is 1.68. The van der Waals surface area contributed by atoms with Gasteiger partial charge < -0.3 is 0 Å². The van der Waals surface area contributed by atoms with Gasteiger partial charge in [0, 0.05) is 12.1 Å². The van der Waals surface area contributed by atoms with Crippen molar-refractivity contribution in [2.75, 3.05) is 0 Å². The Morgan fingerprint density at radius 1 is 1.36 bits per heavy atom. The first-order chi connectivity index (χ1) is 5.24. The van der Waals surface area contributed by atoms with Gasteiger partial charge in [-0.15, -0.1) is 0 Å². The molecule has 0 aliphatic carbocycles. The fourth-order valence-electron chi connectivity index (χ4n) is 0.707. The SMILES string of the molecule is O=[N+]([O-])c1ccc([B]P)cc1. The predicted molar refractivity (Wildman–Crippen MR) is 48.2 cm³/mol. The molecule has 0 heterocycles. The summed E-state index contributed by atoms with van der Waals surface area (Å²) in [5.41, 5.74) is 1.08. The first-order valence-corrected chi connectivity index (χ1v) is 3.70. The summed E-state index contributed by atoms with van der Waals surface area (Å²) < 4.78 is 0. The van der Waals surface area contributed by atoms with Gasteiger partial charge in [0.2, 0.25) is 0 Å². The van der Waals surface area contributed by atoms with Crippen LogP contribution >= 0.6 is 9.12 Å². The molecule has 0 aliphatic heterocycles. The van der Waals surface area contributed by atoms with Crippen LogP contribution in [0.5, 0.6) is 0 Å². The van der Waals surface area contributed by atoms with E-state index in [1.807, 2.05) is 7.00 Å². The summed E-state index contributed by atoms with van der Waals surface area (Å²) in [6.07, 6.45) is 0. The van der Waals surface area contributed by atoms with Crippen LogP contribution in [0.3, 0.4) is 0 Å². The van der Waals surface area contributed by atoms with Gasteiger partial charge in [-0.2, -0.15) is 9.12 Å². The van der Waals surface area contributed by atoms with E-state index in [2.05, 4.69) is 9.12 Å². The van der Waals surface area contributed by atoms with Gasteiger partial charge in [-0.05, 0) is 0 Å². The maximum atomic E-state index is 10.2. The van der Waals surface area contributed by atoms with Crippen LogP contribution in [0.4, 0.5) is 5.69 Å². The quantitative estimate of drug-likeness (QED) is 0.281. The molecule has 0 saturated heterocycles. The van der Waals surface area contributed by atoms with Crippen molar-refractivity contribution in [1.29, 1.82) is 0 Å². The summed E-state index contributed by atoms with van der Waals surface area (Å²) in [5, 5.41) is 10.2. The Hall–Kier alpha value is -0.885. The molecule has 1 unspecified atom stereocenters. The van der Waals surface area contributed by atoms with Crippen LogP contribution in [0.1, 0.15) is 0 Å². The molecule has 11 heavy (non-hydrogen) atoms. The van der Waals surface area contributed by atoms with Gasteiger partial charge in [0.05, 0.1) is 4.92 Å². The van der Waals surface area contributed by atoms with Gasteiger partial charge in [0.25, 0.3) is 5.69 Å². The molecule has 1 radical (unpaired) electrons. The lowest BCUT2D eigenvalue weighted by Crippen LogP contribution is -2.06. The zero-order valence-electron chi connectivity index (χ0n) is 5.73. The van der Waals surface area contributed by atoms with Gasteiger partial charge in [-0.3, -0.25) is 10.1 Å². The monoisotopic (exact) mass is 166 g/mol. The standard InChI is InChI=1S/C6H6BNO2P/c9-8(10)6-3-1-5(7-11)2-4-6/h1-4H,11H2. The summed E-state index contributed by atoms with van der Waals surface area (Å²) in [5.74, 6) is 0. The fraction of sp³-hybridized carbons (Fsp3) is 0. The van der Waals surface area contributed by atoms with Crippen LogP contribution < -0.4 is 5.46 Å². The highest BCUT2D eigenvalue weighted by Gasteiger charge is 2.02. The predicted octanol–water partition coefficient (Wildman–Crippen LogP) is 0.714. The van der Waals surface area contributed by atoms with E-state index in [9.17, 15) is 10.1 Å². The van der Waals surface area contributed by atoms with Gasteiger partial charge in [0.1, 0.15) is 0 Å². The summed E-state index contributed by atoms with van der Waals surface area (Å²) >= 11 is 0. The molecular weight excluding hydrogens is 160 g/mol. The van der Waals surface area contributed by atoms with E-state index >= 15 is 0 Å². The molecule has 0 spiro atoms. The lowest BCUT2D eigenvalue weighted by Gasteiger charge is -1.92. The molecule has 1 aromatic carbocycles. The Morgan fingerprint density at radius 2 is 1.91 bits per heavy atom. The minimum absolute atomic E-state index is 0.126. The summed E-state index contributed by atoms with van der Waals surface area (Å²) in [6.45, 7) is 1.81. The first kappa shape index (κ1) is 8.21. The van der Waals surface area contributed by atoms with E-state index in [1.54, 1.807) is 12.1 Å². The van der Waals surface area contributed by atoms with Crippen LogP contribution in [-0.2, 0) is 0 Å². The smallest absolute Gasteiger partial charge is 0.258 e. The van der Waals surface area contributed by atoms with Crippen LogP contribution in [0.25, 0.3) is 0 Å². The second-order valence-corrected chi connectivity index (χ2v) is 2.35. The number of hydrogen-bond donors (Lipinski definition) is 0. The minimum atomic E-state index is -0.410. The van der Waals surface area contributed by atoms with Crippen LogP contribution in [0.2, 0.25) is 0 Å². The zero-order chi connectivity index (χ0) is 8.27. The fourth-order valence-corrected chi connectivity index (χ4v) is 0.929. The van der Waals surface area contributed by atoms with Crippen molar-refractivity contribution in [2.24, 2.45) is 0 Å². The van der Waals surface area contributed by atoms with Gasteiger partial charge >= 0.3 is 0 Å². The summed E-state index contributed by atoms with van der Waals surface area (Å²) in [7, 11) is 2.44. The van der Waals surface area contributed by atoms with Crippen molar-refractivity contribution in [3.05, 3.63) is 34.4 Å². The molecule has 3 nitrogen and oxygen atoms in total. The molecule has 5 heteroatoms. The van der Waals surface area contributed by atoms with Crippen molar-refractivity contribution in [2.45, 2.75) is 0 Å². The number of nitro benzene ring substituents is 1. The number of nitrogens with zero attached hydrogens (tertiary/aromatic N) is 1. The number of benzene rings is 1. The molecule has 0 aromatic heterocycles. The molecule has 0 saturated carbocycles. The van der Waals surface area contributed by atoms with Crippen molar-refractivity contribution >= 4 is 27.3 Å². The lowest BCUT2D eigenvalue weighted by molar-refractivity contribution is -0.384. The third kappa shape index (κ3) is 2.02.